The lowest BCUT2D eigenvalue weighted by Gasteiger charge is -2.12. The molecule has 5 aromatic carbocycles. The fourth-order valence-corrected chi connectivity index (χ4v) is 6.71. The van der Waals surface area contributed by atoms with E-state index in [2.05, 4.69) is 10.3 Å². The molecule has 0 aliphatic rings. The summed E-state index contributed by atoms with van der Waals surface area (Å²) in [4.78, 5) is 26.1. The molecule has 0 saturated carbocycles. The molecule has 61 heavy (non-hydrogen) atoms. The first kappa shape index (κ1) is 40.7. The average Bonchev–Trinajstić information content (AvgIpc) is 3.76. The number of nitrogens with zero attached hydrogens (tertiary/aromatic N) is 3. The third kappa shape index (κ3) is 10.8. The number of ether oxygens (including phenoxy) is 5. The Balaban J connectivity index is 0.701. The molecule has 0 aliphatic carbocycles. The first-order valence-corrected chi connectivity index (χ1v) is 20.3. The minimum Gasteiger partial charge on any atom is -0.493 e. The van der Waals surface area contributed by atoms with Crippen molar-refractivity contribution in [2.75, 3.05) is 39.6 Å². The maximum Gasteiger partial charge on any atom is 0.235 e. The maximum atomic E-state index is 13.5. The van der Waals surface area contributed by atoms with Crippen LogP contribution in [0.4, 0.5) is 0 Å². The zero-order valence-electron chi connectivity index (χ0n) is 33.6. The molecule has 8 rings (SSSR count). The minimum absolute atomic E-state index is 0.0859. The van der Waals surface area contributed by atoms with E-state index in [1.807, 2.05) is 103 Å². The summed E-state index contributed by atoms with van der Waals surface area (Å²) in [6.45, 7) is 3.47. The number of hydrogen-bond donors (Lipinski definition) is 0. The van der Waals surface area contributed by atoms with Gasteiger partial charge in [0.25, 0.3) is 0 Å². The van der Waals surface area contributed by atoms with Crippen LogP contribution in [-0.2, 0) is 29.0 Å². The molecule has 12 nitrogen and oxygen atoms in total. The predicted molar refractivity (Wildman–Crippen MR) is 232 cm³/mol. The molecule has 0 fully saturated rings. The lowest BCUT2D eigenvalue weighted by molar-refractivity contribution is 0.0333. The second-order valence-corrected chi connectivity index (χ2v) is 14.2. The molecule has 12 heteroatoms. The van der Waals surface area contributed by atoms with E-state index in [9.17, 15) is 9.59 Å². The van der Waals surface area contributed by atoms with Crippen molar-refractivity contribution in [2.24, 2.45) is 0 Å². The normalized spacial score (nSPS) is 11.3. The summed E-state index contributed by atoms with van der Waals surface area (Å²) < 4.78 is 43.4. The summed E-state index contributed by atoms with van der Waals surface area (Å²) >= 11 is 0. The summed E-state index contributed by atoms with van der Waals surface area (Å²) in [6.07, 6.45) is 4.44. The van der Waals surface area contributed by atoms with Crippen molar-refractivity contribution in [1.29, 1.82) is 0 Å². The number of rotatable bonds is 21. The van der Waals surface area contributed by atoms with Crippen LogP contribution >= 0.6 is 0 Å². The van der Waals surface area contributed by atoms with Crippen LogP contribution in [0.15, 0.2) is 158 Å². The van der Waals surface area contributed by atoms with Gasteiger partial charge in [0.1, 0.15) is 41.6 Å². The standard InChI is InChI=1S/C49H45N3O9/c53-43-32-45(36-13-5-2-6-14-36)60-46-31-40(22-23-41(43)46)57-25-10-9-15-38-33-52(51-50-38)24-26-55-27-28-56-29-30-58-39-20-18-37(19-21-39)48-49(59-34-35-11-3-1-4-12-35)47(54)42-16-7-8-17-44(42)61-48/h1-8,11-14,16-23,31-33H,9-10,15,24-30,34H2. The Bertz CT molecular complexity index is 2770. The monoisotopic (exact) mass is 819 g/mol. The summed E-state index contributed by atoms with van der Waals surface area (Å²) in [5, 5.41) is 9.50. The highest BCUT2D eigenvalue weighted by atomic mass is 16.5. The van der Waals surface area contributed by atoms with Crippen molar-refractivity contribution in [3.8, 4) is 39.9 Å². The fourth-order valence-electron chi connectivity index (χ4n) is 6.71. The van der Waals surface area contributed by atoms with Gasteiger partial charge in [0.05, 0.1) is 56.0 Å². The van der Waals surface area contributed by atoms with Gasteiger partial charge in [0.15, 0.2) is 11.2 Å². The lowest BCUT2D eigenvalue weighted by atomic mass is 10.1. The van der Waals surface area contributed by atoms with Gasteiger partial charge < -0.3 is 32.5 Å². The van der Waals surface area contributed by atoms with Crippen LogP contribution in [0.5, 0.6) is 17.2 Å². The molecular weight excluding hydrogens is 775 g/mol. The van der Waals surface area contributed by atoms with E-state index in [4.69, 9.17) is 32.5 Å². The van der Waals surface area contributed by atoms with E-state index < -0.39 is 0 Å². The van der Waals surface area contributed by atoms with Crippen molar-refractivity contribution in [2.45, 2.75) is 32.4 Å². The highest BCUT2D eigenvalue weighted by Gasteiger charge is 2.18. The molecule has 0 amide bonds. The zero-order valence-corrected chi connectivity index (χ0v) is 33.6. The van der Waals surface area contributed by atoms with Gasteiger partial charge in [-0.25, -0.2) is 4.68 Å². The van der Waals surface area contributed by atoms with Crippen molar-refractivity contribution in [3.63, 3.8) is 0 Å². The highest BCUT2D eigenvalue weighted by molar-refractivity contribution is 5.82. The van der Waals surface area contributed by atoms with E-state index in [1.165, 1.54) is 6.07 Å². The van der Waals surface area contributed by atoms with Crippen molar-refractivity contribution in [3.05, 3.63) is 171 Å². The number of hydrogen-bond acceptors (Lipinski definition) is 11. The van der Waals surface area contributed by atoms with Crippen LogP contribution < -0.4 is 25.1 Å². The number of benzene rings is 5. The second kappa shape index (κ2) is 20.3. The van der Waals surface area contributed by atoms with Gasteiger partial charge in [-0.3, -0.25) is 9.59 Å². The highest BCUT2D eigenvalue weighted by Crippen LogP contribution is 2.32. The third-order valence-corrected chi connectivity index (χ3v) is 9.87. The molecule has 8 aromatic rings. The minimum atomic E-state index is -0.218. The Kier molecular flexibility index (Phi) is 13.6. The molecule has 0 N–H and O–H groups in total. The Morgan fingerprint density at radius 3 is 2.13 bits per heavy atom. The molecule has 0 radical (unpaired) electrons. The molecule has 0 unspecified atom stereocenters. The van der Waals surface area contributed by atoms with Gasteiger partial charge in [0, 0.05) is 29.5 Å². The summed E-state index contributed by atoms with van der Waals surface area (Å²) in [7, 11) is 0. The SMILES string of the molecule is O=c1cc(-c2ccccc2)oc2cc(OCCCCc3cn(CCOCCOCCOc4ccc(-c5oc6ccccc6c(=O)c5OCc5ccccc5)cc4)nn3)ccc12. The number of aromatic nitrogens is 3. The first-order chi connectivity index (χ1) is 30.1. The maximum absolute atomic E-state index is 13.5. The molecule has 0 spiro atoms. The van der Waals surface area contributed by atoms with Crippen LogP contribution in [0, 0.1) is 0 Å². The number of aryl methyl sites for hydroxylation is 1. The van der Waals surface area contributed by atoms with E-state index >= 15 is 0 Å². The zero-order chi connectivity index (χ0) is 41.6. The number of para-hydroxylation sites is 1. The quantitative estimate of drug-likeness (QED) is 0.0643. The van der Waals surface area contributed by atoms with E-state index in [-0.39, 0.29) is 23.2 Å². The Hall–Kier alpha value is -7.02. The molecule has 0 saturated heterocycles. The Morgan fingerprint density at radius 1 is 0.574 bits per heavy atom. The Labute approximate surface area is 351 Å². The molecular formula is C49H45N3O9. The van der Waals surface area contributed by atoms with E-state index in [0.29, 0.717) is 96.7 Å². The second-order valence-electron chi connectivity index (χ2n) is 14.2. The van der Waals surface area contributed by atoms with Crippen LogP contribution in [-0.4, -0.2) is 54.6 Å². The molecule has 3 heterocycles. The molecule has 0 aliphatic heterocycles. The van der Waals surface area contributed by atoms with Crippen molar-refractivity contribution in [1.82, 2.24) is 15.0 Å². The average molecular weight is 820 g/mol. The fraction of sp³-hybridized carbons (Fsp3) is 0.224. The molecule has 0 atom stereocenters. The number of unbranched alkanes of at least 4 members (excludes halogenated alkanes) is 1. The summed E-state index contributed by atoms with van der Waals surface area (Å²) in [6, 6.07) is 40.6. The van der Waals surface area contributed by atoms with Gasteiger partial charge in [-0.1, -0.05) is 78.0 Å². The van der Waals surface area contributed by atoms with Gasteiger partial charge in [-0.2, -0.15) is 0 Å². The third-order valence-electron chi connectivity index (χ3n) is 9.87. The van der Waals surface area contributed by atoms with Crippen LogP contribution in [0.25, 0.3) is 44.6 Å². The van der Waals surface area contributed by atoms with Gasteiger partial charge >= 0.3 is 0 Å². The predicted octanol–water partition coefficient (Wildman–Crippen LogP) is 8.92. The number of fused-ring (bicyclic) bond motifs is 2. The Morgan fingerprint density at radius 2 is 1.30 bits per heavy atom. The van der Waals surface area contributed by atoms with Crippen molar-refractivity contribution < 1.29 is 32.5 Å². The van der Waals surface area contributed by atoms with E-state index in [0.717, 1.165) is 36.1 Å². The molecule has 0 bridgehead atoms. The molecule has 3 aromatic heterocycles. The van der Waals surface area contributed by atoms with E-state index in [1.54, 1.807) is 35.0 Å². The van der Waals surface area contributed by atoms with Crippen molar-refractivity contribution >= 4 is 21.9 Å². The lowest BCUT2D eigenvalue weighted by Crippen LogP contribution is -2.13. The van der Waals surface area contributed by atoms with Crippen LogP contribution in [0.1, 0.15) is 24.1 Å². The van der Waals surface area contributed by atoms with Gasteiger partial charge in [0.2, 0.25) is 11.2 Å². The first-order valence-electron chi connectivity index (χ1n) is 20.3. The molecule has 310 valence electrons. The smallest absolute Gasteiger partial charge is 0.235 e. The van der Waals surface area contributed by atoms with Gasteiger partial charge in [-0.05, 0) is 73.4 Å². The topological polar surface area (TPSA) is 137 Å². The summed E-state index contributed by atoms with van der Waals surface area (Å²) in [5.41, 5.74) is 4.10. The van der Waals surface area contributed by atoms with Gasteiger partial charge in [-0.15, -0.1) is 5.10 Å². The van der Waals surface area contributed by atoms with Crippen LogP contribution in [0.2, 0.25) is 0 Å². The summed E-state index contributed by atoms with van der Waals surface area (Å²) in [5.74, 6) is 2.39. The van der Waals surface area contributed by atoms with Crippen LogP contribution in [0.3, 0.4) is 0 Å². The largest absolute Gasteiger partial charge is 0.493 e.